The van der Waals surface area contributed by atoms with Crippen LogP contribution in [0.2, 0.25) is 0 Å². The van der Waals surface area contributed by atoms with Gasteiger partial charge >= 0.3 is 11.9 Å². The average molecular weight is 615 g/mol. The lowest BCUT2D eigenvalue weighted by atomic mass is 10.0. The fourth-order valence-electron chi connectivity index (χ4n) is 5.04. The molecule has 0 fully saturated rings. The first-order valence-corrected chi connectivity index (χ1v) is 17.0. The van der Waals surface area contributed by atoms with Gasteiger partial charge in [0, 0.05) is 18.9 Å². The van der Waals surface area contributed by atoms with Crippen LogP contribution in [-0.4, -0.2) is 50.7 Å². The number of hydrogen-bond acceptors (Lipinski definition) is 9. The van der Waals surface area contributed by atoms with E-state index < -0.39 is 12.0 Å². The molecule has 2 aromatic rings. The SMILES string of the molecule is CCCCCCCCC=CCCCCCCCC(=O)OCC(CCOC(=O)[C@@H](N)[C@@H](C)CC)Cn1cnc2cnc(N)nc21. The van der Waals surface area contributed by atoms with E-state index in [-0.39, 0.29) is 37.0 Å². The number of unbranched alkanes of at least 4 members (excludes halogenated alkanes) is 11. The van der Waals surface area contributed by atoms with Gasteiger partial charge in [-0.05, 0) is 44.4 Å². The Kier molecular flexibility index (Phi) is 19.0. The molecule has 0 aliphatic rings. The fourth-order valence-corrected chi connectivity index (χ4v) is 5.04. The van der Waals surface area contributed by atoms with Crippen molar-refractivity contribution in [1.29, 1.82) is 0 Å². The number of aromatic nitrogens is 4. The second kappa shape index (κ2) is 22.5. The Hall–Kier alpha value is -3.01. The van der Waals surface area contributed by atoms with Gasteiger partial charge in [0.15, 0.2) is 5.65 Å². The number of nitrogens with two attached hydrogens (primary N) is 2. The first-order valence-electron chi connectivity index (χ1n) is 17.0. The van der Waals surface area contributed by atoms with Crippen LogP contribution in [0.5, 0.6) is 0 Å². The molecule has 1 unspecified atom stereocenters. The summed E-state index contributed by atoms with van der Waals surface area (Å²) in [5.41, 5.74) is 13.0. The number of carbonyl (C=O) groups excluding carboxylic acids is 2. The van der Waals surface area contributed by atoms with Gasteiger partial charge < -0.3 is 25.5 Å². The number of carbonyl (C=O) groups is 2. The van der Waals surface area contributed by atoms with E-state index in [9.17, 15) is 9.59 Å². The van der Waals surface area contributed by atoms with Gasteiger partial charge in [0.25, 0.3) is 0 Å². The fraction of sp³-hybridized carbons (Fsp3) is 0.735. The smallest absolute Gasteiger partial charge is 0.323 e. The van der Waals surface area contributed by atoms with Crippen molar-refractivity contribution in [3.8, 4) is 0 Å². The maximum Gasteiger partial charge on any atom is 0.323 e. The van der Waals surface area contributed by atoms with E-state index in [0.29, 0.717) is 30.6 Å². The second-order valence-corrected chi connectivity index (χ2v) is 12.1. The van der Waals surface area contributed by atoms with Gasteiger partial charge in [-0.15, -0.1) is 0 Å². The molecule has 44 heavy (non-hydrogen) atoms. The molecule has 0 amide bonds. The molecule has 2 aromatic heterocycles. The minimum absolute atomic E-state index is 0.0401. The maximum absolute atomic E-state index is 12.5. The lowest BCUT2D eigenvalue weighted by molar-refractivity contribution is -0.149. The van der Waals surface area contributed by atoms with Gasteiger partial charge in [-0.25, -0.2) is 9.97 Å². The molecule has 0 spiro atoms. The predicted molar refractivity (Wildman–Crippen MR) is 177 cm³/mol. The number of anilines is 1. The van der Waals surface area contributed by atoms with Gasteiger partial charge in [-0.1, -0.05) is 90.7 Å². The summed E-state index contributed by atoms with van der Waals surface area (Å²) in [7, 11) is 0. The number of imidazole rings is 1. The lowest BCUT2D eigenvalue weighted by Crippen LogP contribution is -2.38. The van der Waals surface area contributed by atoms with E-state index in [2.05, 4.69) is 34.0 Å². The number of rotatable bonds is 25. The third kappa shape index (κ3) is 15.1. The van der Waals surface area contributed by atoms with Crippen LogP contribution < -0.4 is 11.5 Å². The van der Waals surface area contributed by atoms with E-state index >= 15 is 0 Å². The monoisotopic (exact) mass is 614 g/mol. The molecule has 248 valence electrons. The first kappa shape index (κ1) is 37.2. The molecule has 0 radical (unpaired) electrons. The van der Waals surface area contributed by atoms with Crippen molar-refractivity contribution < 1.29 is 19.1 Å². The molecule has 0 bridgehead atoms. The molecule has 0 aliphatic heterocycles. The van der Waals surface area contributed by atoms with E-state index in [1.54, 1.807) is 12.5 Å². The highest BCUT2D eigenvalue weighted by atomic mass is 16.5. The van der Waals surface area contributed by atoms with Crippen molar-refractivity contribution in [3.05, 3.63) is 24.7 Å². The summed E-state index contributed by atoms with van der Waals surface area (Å²) in [5, 5.41) is 0. The number of esters is 2. The zero-order chi connectivity index (χ0) is 32.0. The summed E-state index contributed by atoms with van der Waals surface area (Å²) in [4.78, 5) is 37.5. The Balaban J connectivity index is 1.69. The van der Waals surface area contributed by atoms with Crippen molar-refractivity contribution in [3.63, 3.8) is 0 Å². The van der Waals surface area contributed by atoms with Crippen molar-refractivity contribution in [2.24, 2.45) is 17.6 Å². The van der Waals surface area contributed by atoms with E-state index in [1.807, 2.05) is 18.4 Å². The van der Waals surface area contributed by atoms with Crippen molar-refractivity contribution in [1.82, 2.24) is 19.5 Å². The standard InChI is InChI=1S/C34H58N6O4/c1-4-6-7-8-9-10-11-12-13-14-15-16-17-18-19-20-30(41)44-25-28(21-22-43-33(42)31(35)27(3)5-2)24-40-26-38-29-23-37-34(36)39-32(29)40/h12-13,23,26-28,31H,4-11,14-22,24-25,35H2,1-3H3,(H2,36,37,39)/t27-,28?,31-/m0/s1. The Morgan fingerprint density at radius 2 is 1.59 bits per heavy atom. The minimum atomic E-state index is -0.653. The Labute approximate surface area is 264 Å². The second-order valence-electron chi connectivity index (χ2n) is 12.1. The highest BCUT2D eigenvalue weighted by molar-refractivity contribution is 5.75. The third-order valence-corrected chi connectivity index (χ3v) is 8.25. The van der Waals surface area contributed by atoms with Crippen LogP contribution in [0.1, 0.15) is 124 Å². The summed E-state index contributed by atoms with van der Waals surface area (Å²) in [6, 6.07) is -0.653. The van der Waals surface area contributed by atoms with Crippen LogP contribution in [-0.2, 0) is 25.6 Å². The lowest BCUT2D eigenvalue weighted by Gasteiger charge is -2.20. The van der Waals surface area contributed by atoms with Crippen molar-refractivity contribution in [2.45, 2.75) is 136 Å². The van der Waals surface area contributed by atoms with Crippen LogP contribution >= 0.6 is 0 Å². The van der Waals surface area contributed by atoms with Crippen LogP contribution in [0.4, 0.5) is 5.95 Å². The molecule has 0 aliphatic carbocycles. The molecule has 0 saturated carbocycles. The van der Waals surface area contributed by atoms with E-state index in [4.69, 9.17) is 20.9 Å². The molecular weight excluding hydrogens is 556 g/mol. The van der Waals surface area contributed by atoms with Crippen molar-refractivity contribution in [2.75, 3.05) is 18.9 Å². The number of nitrogens with zero attached hydrogens (tertiary/aromatic N) is 4. The molecule has 4 N–H and O–H groups in total. The van der Waals surface area contributed by atoms with Crippen LogP contribution in [0.25, 0.3) is 11.2 Å². The van der Waals surface area contributed by atoms with Gasteiger partial charge in [0.1, 0.15) is 11.6 Å². The molecule has 3 atom stereocenters. The largest absolute Gasteiger partial charge is 0.465 e. The van der Waals surface area contributed by atoms with Crippen molar-refractivity contribution >= 4 is 29.1 Å². The molecule has 10 heteroatoms. The van der Waals surface area contributed by atoms with Crippen LogP contribution in [0.3, 0.4) is 0 Å². The van der Waals surface area contributed by atoms with E-state index in [1.165, 1.54) is 57.8 Å². The highest BCUT2D eigenvalue weighted by Gasteiger charge is 2.22. The molecular formula is C34H58N6O4. The third-order valence-electron chi connectivity index (χ3n) is 8.25. The molecule has 2 rings (SSSR count). The molecule has 0 saturated heterocycles. The normalized spacial score (nSPS) is 13.7. The molecule has 10 nitrogen and oxygen atoms in total. The van der Waals surface area contributed by atoms with Gasteiger partial charge in [-0.2, -0.15) is 4.98 Å². The molecule has 2 heterocycles. The summed E-state index contributed by atoms with van der Waals surface area (Å²) in [6.07, 6.45) is 25.4. The number of nitrogen functional groups attached to an aromatic ring is 1. The van der Waals surface area contributed by atoms with E-state index in [0.717, 1.165) is 32.1 Å². The summed E-state index contributed by atoms with van der Waals surface area (Å²) < 4.78 is 13.0. The Bertz CT molecular complexity index is 1100. The van der Waals surface area contributed by atoms with Crippen LogP contribution in [0.15, 0.2) is 24.7 Å². The number of fused-ring (bicyclic) bond motifs is 1. The molecule has 0 aromatic carbocycles. The summed E-state index contributed by atoms with van der Waals surface area (Å²) in [6.45, 7) is 7.05. The maximum atomic E-state index is 12.5. The highest BCUT2D eigenvalue weighted by Crippen LogP contribution is 2.17. The van der Waals surface area contributed by atoms with Gasteiger partial charge in [0.2, 0.25) is 5.95 Å². The quantitative estimate of drug-likeness (QED) is 0.0691. The number of allylic oxidation sites excluding steroid dienone is 2. The Morgan fingerprint density at radius 3 is 2.27 bits per heavy atom. The van der Waals surface area contributed by atoms with Gasteiger partial charge in [-0.3, -0.25) is 9.59 Å². The predicted octanol–water partition coefficient (Wildman–Crippen LogP) is 6.91. The zero-order valence-corrected chi connectivity index (χ0v) is 27.6. The zero-order valence-electron chi connectivity index (χ0n) is 27.6. The first-order chi connectivity index (χ1) is 21.3. The average Bonchev–Trinajstić information content (AvgIpc) is 3.41. The summed E-state index contributed by atoms with van der Waals surface area (Å²) in [5.74, 6) is -0.527. The topological polar surface area (TPSA) is 148 Å². The Morgan fingerprint density at radius 1 is 0.932 bits per heavy atom. The van der Waals surface area contributed by atoms with Crippen LogP contribution in [0, 0.1) is 11.8 Å². The minimum Gasteiger partial charge on any atom is -0.465 e. The number of ether oxygens (including phenoxy) is 2. The summed E-state index contributed by atoms with van der Waals surface area (Å²) >= 11 is 0. The van der Waals surface area contributed by atoms with Gasteiger partial charge in [0.05, 0.1) is 25.7 Å². The number of hydrogen-bond donors (Lipinski definition) is 2.